The molecular formula is C16H29NO3. The average molecular weight is 283 g/mol. The van der Waals surface area contributed by atoms with Crippen LogP contribution in [0, 0.1) is 17.8 Å². The van der Waals surface area contributed by atoms with Crippen molar-refractivity contribution in [1.82, 2.24) is 4.90 Å². The summed E-state index contributed by atoms with van der Waals surface area (Å²) in [5.74, 6) is 0.198. The summed E-state index contributed by atoms with van der Waals surface area (Å²) in [5, 5.41) is 0. The van der Waals surface area contributed by atoms with Crippen molar-refractivity contribution in [2.75, 3.05) is 14.1 Å². The Morgan fingerprint density at radius 3 is 2.40 bits per heavy atom. The second kappa shape index (κ2) is 7.65. The molecule has 1 fully saturated rings. The summed E-state index contributed by atoms with van der Waals surface area (Å²) in [6.45, 7) is 6.15. The summed E-state index contributed by atoms with van der Waals surface area (Å²) < 4.78 is 5.66. The van der Waals surface area contributed by atoms with Crippen LogP contribution in [0.15, 0.2) is 0 Å². The molecule has 4 heteroatoms. The number of amides is 1. The van der Waals surface area contributed by atoms with Crippen molar-refractivity contribution in [2.45, 2.75) is 59.0 Å². The number of carbonyl (C=O) groups excluding carboxylic acids is 2. The minimum absolute atomic E-state index is 0.0161. The third kappa shape index (κ3) is 5.14. The van der Waals surface area contributed by atoms with E-state index in [0.29, 0.717) is 5.92 Å². The monoisotopic (exact) mass is 283 g/mol. The zero-order chi connectivity index (χ0) is 15.3. The fourth-order valence-electron chi connectivity index (χ4n) is 2.70. The molecule has 0 aromatic heterocycles. The number of nitrogens with zero attached hydrogens (tertiary/aromatic N) is 1. The van der Waals surface area contributed by atoms with Crippen LogP contribution in [-0.4, -0.2) is 37.0 Å². The maximum Gasteiger partial charge on any atom is 0.309 e. The van der Waals surface area contributed by atoms with Gasteiger partial charge in [0, 0.05) is 20.5 Å². The van der Waals surface area contributed by atoms with Gasteiger partial charge in [-0.05, 0) is 31.1 Å². The normalized spacial score (nSPS) is 24.3. The SMILES string of the molecule is CC1CCCC(OC(=O)C(CC(=O)N(C)C)C(C)C)C1. The molecular weight excluding hydrogens is 254 g/mol. The van der Waals surface area contributed by atoms with Crippen LogP contribution in [0.1, 0.15) is 52.9 Å². The molecule has 4 nitrogen and oxygen atoms in total. The van der Waals surface area contributed by atoms with E-state index in [9.17, 15) is 9.59 Å². The maximum atomic E-state index is 12.3. The predicted molar refractivity (Wildman–Crippen MR) is 79.2 cm³/mol. The Kier molecular flexibility index (Phi) is 6.50. The average Bonchev–Trinajstić information content (AvgIpc) is 2.34. The molecule has 0 saturated heterocycles. The summed E-state index contributed by atoms with van der Waals surface area (Å²) in [5.41, 5.74) is 0. The van der Waals surface area contributed by atoms with Gasteiger partial charge in [-0.25, -0.2) is 0 Å². The van der Waals surface area contributed by atoms with Crippen LogP contribution in [0.25, 0.3) is 0 Å². The van der Waals surface area contributed by atoms with Gasteiger partial charge in [-0.3, -0.25) is 9.59 Å². The Labute approximate surface area is 122 Å². The Morgan fingerprint density at radius 1 is 1.25 bits per heavy atom. The van der Waals surface area contributed by atoms with Gasteiger partial charge in [-0.1, -0.05) is 27.2 Å². The molecule has 0 N–H and O–H groups in total. The number of hydrogen-bond acceptors (Lipinski definition) is 3. The smallest absolute Gasteiger partial charge is 0.309 e. The van der Waals surface area contributed by atoms with Crippen molar-refractivity contribution >= 4 is 11.9 Å². The fraction of sp³-hybridized carbons (Fsp3) is 0.875. The van der Waals surface area contributed by atoms with E-state index in [0.717, 1.165) is 19.3 Å². The molecule has 0 aliphatic heterocycles. The van der Waals surface area contributed by atoms with Crippen LogP contribution in [0.5, 0.6) is 0 Å². The topological polar surface area (TPSA) is 46.6 Å². The van der Waals surface area contributed by atoms with Crippen molar-refractivity contribution in [1.29, 1.82) is 0 Å². The van der Waals surface area contributed by atoms with Crippen molar-refractivity contribution < 1.29 is 14.3 Å². The molecule has 0 heterocycles. The number of hydrogen-bond donors (Lipinski definition) is 0. The number of ether oxygens (including phenoxy) is 1. The van der Waals surface area contributed by atoms with Crippen molar-refractivity contribution in [2.24, 2.45) is 17.8 Å². The molecule has 1 amide bonds. The van der Waals surface area contributed by atoms with E-state index in [1.807, 2.05) is 13.8 Å². The summed E-state index contributed by atoms with van der Waals surface area (Å²) in [6, 6.07) is 0. The molecule has 0 radical (unpaired) electrons. The minimum atomic E-state index is -0.331. The van der Waals surface area contributed by atoms with Crippen molar-refractivity contribution in [3.05, 3.63) is 0 Å². The number of carbonyl (C=O) groups is 2. The zero-order valence-corrected chi connectivity index (χ0v) is 13.5. The molecule has 1 rings (SSSR count). The summed E-state index contributed by atoms with van der Waals surface area (Å²) in [7, 11) is 3.43. The Balaban J connectivity index is 2.57. The van der Waals surface area contributed by atoms with Crippen LogP contribution < -0.4 is 0 Å². The number of esters is 1. The van der Waals surface area contributed by atoms with Gasteiger partial charge in [0.2, 0.25) is 5.91 Å². The van der Waals surface area contributed by atoms with E-state index in [1.165, 1.54) is 11.3 Å². The van der Waals surface area contributed by atoms with Gasteiger partial charge < -0.3 is 9.64 Å². The van der Waals surface area contributed by atoms with Gasteiger partial charge in [0.25, 0.3) is 0 Å². The molecule has 0 bridgehead atoms. The lowest BCUT2D eigenvalue weighted by molar-refractivity contribution is -0.160. The molecule has 0 aromatic carbocycles. The highest BCUT2D eigenvalue weighted by molar-refractivity contribution is 5.83. The highest BCUT2D eigenvalue weighted by Gasteiger charge is 2.30. The predicted octanol–water partition coefficient (Wildman–Crippen LogP) is 2.86. The zero-order valence-electron chi connectivity index (χ0n) is 13.5. The van der Waals surface area contributed by atoms with Crippen LogP contribution in [0.3, 0.4) is 0 Å². The van der Waals surface area contributed by atoms with Crippen molar-refractivity contribution in [3.8, 4) is 0 Å². The van der Waals surface area contributed by atoms with E-state index < -0.39 is 0 Å². The first-order valence-electron chi connectivity index (χ1n) is 7.71. The lowest BCUT2D eigenvalue weighted by Gasteiger charge is -2.29. The molecule has 20 heavy (non-hydrogen) atoms. The molecule has 1 aliphatic carbocycles. The molecule has 1 saturated carbocycles. The van der Waals surface area contributed by atoms with Gasteiger partial charge in [0.1, 0.15) is 6.10 Å². The summed E-state index contributed by atoms with van der Waals surface area (Å²) in [6.07, 6.45) is 4.55. The molecule has 3 atom stereocenters. The van der Waals surface area contributed by atoms with Gasteiger partial charge in [0.15, 0.2) is 0 Å². The van der Waals surface area contributed by atoms with Crippen molar-refractivity contribution in [3.63, 3.8) is 0 Å². The van der Waals surface area contributed by atoms with Crippen LogP contribution in [-0.2, 0) is 14.3 Å². The van der Waals surface area contributed by atoms with Gasteiger partial charge >= 0.3 is 5.97 Å². The van der Waals surface area contributed by atoms with Gasteiger partial charge in [-0.2, -0.15) is 0 Å². The quantitative estimate of drug-likeness (QED) is 0.729. The van der Waals surface area contributed by atoms with E-state index >= 15 is 0 Å². The molecule has 116 valence electrons. The summed E-state index contributed by atoms with van der Waals surface area (Å²) in [4.78, 5) is 25.7. The van der Waals surface area contributed by atoms with E-state index in [4.69, 9.17) is 4.74 Å². The number of rotatable bonds is 5. The third-order valence-electron chi connectivity index (χ3n) is 4.17. The first kappa shape index (κ1) is 17.0. The standard InChI is InChI=1S/C16H29NO3/c1-11(2)14(10-15(18)17(4)5)16(19)20-13-8-6-7-12(3)9-13/h11-14H,6-10H2,1-5H3. The first-order chi connectivity index (χ1) is 9.31. The second-order valence-corrected chi connectivity index (χ2v) is 6.67. The van der Waals surface area contributed by atoms with E-state index in [-0.39, 0.29) is 36.2 Å². The fourth-order valence-corrected chi connectivity index (χ4v) is 2.70. The molecule has 0 spiro atoms. The third-order valence-corrected chi connectivity index (χ3v) is 4.17. The first-order valence-corrected chi connectivity index (χ1v) is 7.71. The highest BCUT2D eigenvalue weighted by Crippen LogP contribution is 2.27. The van der Waals surface area contributed by atoms with Gasteiger partial charge in [-0.15, -0.1) is 0 Å². The van der Waals surface area contributed by atoms with Gasteiger partial charge in [0.05, 0.1) is 5.92 Å². The Bertz CT molecular complexity index is 339. The lowest BCUT2D eigenvalue weighted by Crippen LogP contribution is -2.34. The minimum Gasteiger partial charge on any atom is -0.462 e. The highest BCUT2D eigenvalue weighted by atomic mass is 16.5. The second-order valence-electron chi connectivity index (χ2n) is 6.67. The van der Waals surface area contributed by atoms with Crippen LogP contribution in [0.2, 0.25) is 0 Å². The molecule has 1 aliphatic rings. The Hall–Kier alpha value is -1.06. The molecule has 3 unspecified atom stereocenters. The van der Waals surface area contributed by atoms with E-state index in [1.54, 1.807) is 14.1 Å². The maximum absolute atomic E-state index is 12.3. The lowest BCUT2D eigenvalue weighted by atomic mass is 9.88. The van der Waals surface area contributed by atoms with Crippen LogP contribution >= 0.6 is 0 Å². The largest absolute Gasteiger partial charge is 0.462 e. The van der Waals surface area contributed by atoms with E-state index in [2.05, 4.69) is 6.92 Å². The summed E-state index contributed by atoms with van der Waals surface area (Å²) >= 11 is 0. The molecule has 0 aromatic rings. The Morgan fingerprint density at radius 2 is 1.90 bits per heavy atom. The van der Waals surface area contributed by atoms with Crippen LogP contribution in [0.4, 0.5) is 0 Å².